The fourth-order valence-corrected chi connectivity index (χ4v) is 5.36. The molecule has 3 aliphatic rings. The molecule has 0 aromatic heterocycles. The summed E-state index contributed by atoms with van der Waals surface area (Å²) < 4.78 is 11.1. The highest BCUT2D eigenvalue weighted by molar-refractivity contribution is 5.75. The lowest BCUT2D eigenvalue weighted by Crippen LogP contribution is -2.59. The molecule has 0 unspecified atom stereocenters. The van der Waals surface area contributed by atoms with Crippen LogP contribution >= 0.6 is 0 Å². The highest BCUT2D eigenvalue weighted by atomic mass is 16.7. The molecule has 0 amide bonds. The first-order chi connectivity index (χ1) is 13.8. The predicted octanol–water partition coefficient (Wildman–Crippen LogP) is 3.66. The van der Waals surface area contributed by atoms with E-state index in [0.717, 1.165) is 24.6 Å². The first-order valence-corrected chi connectivity index (χ1v) is 10.6. The lowest BCUT2D eigenvalue weighted by atomic mass is 9.53. The number of carboxylic acid groups (broad SMARTS) is 1. The van der Waals surface area contributed by atoms with Crippen molar-refractivity contribution in [1.29, 1.82) is 0 Å². The third-order valence-corrected chi connectivity index (χ3v) is 6.65. The van der Waals surface area contributed by atoms with E-state index in [0.29, 0.717) is 11.5 Å². The van der Waals surface area contributed by atoms with Crippen LogP contribution in [0.5, 0.6) is 5.75 Å². The summed E-state index contributed by atoms with van der Waals surface area (Å²) in [5.74, 6) is 1.34. The summed E-state index contributed by atoms with van der Waals surface area (Å²) in [4.78, 5) is 20.3. The van der Waals surface area contributed by atoms with Gasteiger partial charge in [0.2, 0.25) is 6.79 Å². The Kier molecular flexibility index (Phi) is 6.52. The van der Waals surface area contributed by atoms with Crippen molar-refractivity contribution in [2.45, 2.75) is 70.8 Å². The number of fused-ring (bicyclic) bond motifs is 1. The number of benzene rings is 1. The number of ether oxygens (including phenoxy) is 2. The molecule has 6 heteroatoms. The van der Waals surface area contributed by atoms with Gasteiger partial charge in [0.15, 0.2) is 0 Å². The highest BCUT2D eigenvalue weighted by Crippen LogP contribution is 2.54. The van der Waals surface area contributed by atoms with Gasteiger partial charge in [-0.05, 0) is 82.2 Å². The molecule has 1 saturated carbocycles. The van der Waals surface area contributed by atoms with Gasteiger partial charge in [-0.25, -0.2) is 0 Å². The Balaban J connectivity index is 0.000000755. The SMILES string of the molecule is CC(C)(C)C(=O)OCOc1ccc2c(c1)[C@]13CCCC[C@@H]1[C@@H](C2)NCC3.O=CO. The van der Waals surface area contributed by atoms with Gasteiger partial charge in [-0.3, -0.25) is 9.59 Å². The number of rotatable bonds is 3. The molecule has 1 aromatic rings. The number of esters is 1. The van der Waals surface area contributed by atoms with Crippen LogP contribution in [0.4, 0.5) is 0 Å². The van der Waals surface area contributed by atoms with Crippen LogP contribution in [-0.2, 0) is 26.2 Å². The first kappa shape index (κ1) is 21.6. The lowest BCUT2D eigenvalue weighted by Gasteiger charge is -2.56. The fourth-order valence-electron chi connectivity index (χ4n) is 5.36. The average molecular weight is 404 g/mol. The summed E-state index contributed by atoms with van der Waals surface area (Å²) in [7, 11) is 0. The molecule has 2 fully saturated rings. The van der Waals surface area contributed by atoms with Crippen molar-refractivity contribution in [3.63, 3.8) is 0 Å². The fraction of sp³-hybridized carbons (Fsp3) is 0.652. The molecule has 29 heavy (non-hydrogen) atoms. The molecule has 6 nitrogen and oxygen atoms in total. The topological polar surface area (TPSA) is 84.9 Å². The molecular weight excluding hydrogens is 370 g/mol. The van der Waals surface area contributed by atoms with Crippen LogP contribution in [0, 0.1) is 11.3 Å². The van der Waals surface area contributed by atoms with E-state index in [-0.39, 0.29) is 19.2 Å². The second kappa shape index (κ2) is 8.74. The van der Waals surface area contributed by atoms with Crippen molar-refractivity contribution in [2.24, 2.45) is 11.3 Å². The van der Waals surface area contributed by atoms with Crippen LogP contribution in [0.15, 0.2) is 18.2 Å². The van der Waals surface area contributed by atoms with E-state index in [2.05, 4.69) is 17.4 Å². The van der Waals surface area contributed by atoms with Crippen LogP contribution < -0.4 is 10.1 Å². The Labute approximate surface area is 173 Å². The van der Waals surface area contributed by atoms with E-state index >= 15 is 0 Å². The van der Waals surface area contributed by atoms with Crippen molar-refractivity contribution in [1.82, 2.24) is 5.32 Å². The average Bonchev–Trinajstić information content (AvgIpc) is 2.68. The van der Waals surface area contributed by atoms with E-state index < -0.39 is 5.41 Å². The Morgan fingerprint density at radius 3 is 2.79 bits per heavy atom. The molecule has 0 radical (unpaired) electrons. The summed E-state index contributed by atoms with van der Waals surface area (Å²) in [5, 5.41) is 10.7. The third kappa shape index (κ3) is 4.42. The molecular formula is C23H33NO5. The largest absolute Gasteiger partial charge is 0.483 e. The van der Waals surface area contributed by atoms with Gasteiger partial charge in [0.1, 0.15) is 5.75 Å². The minimum Gasteiger partial charge on any atom is -0.483 e. The van der Waals surface area contributed by atoms with Crippen molar-refractivity contribution < 1.29 is 24.2 Å². The van der Waals surface area contributed by atoms with E-state index in [1.807, 2.05) is 26.8 Å². The zero-order valence-corrected chi connectivity index (χ0v) is 17.7. The van der Waals surface area contributed by atoms with Crippen molar-refractivity contribution in [2.75, 3.05) is 13.3 Å². The number of carbonyl (C=O) groups excluding carboxylic acids is 1. The minimum absolute atomic E-state index is 0.0184. The molecule has 0 spiro atoms. The standard InChI is InChI=1S/C22H31NO3.CH2O2/c1-21(2,3)20(24)26-14-25-16-8-7-15-12-19-17-6-4-5-9-22(17,10-11-23-19)18(15)13-16;2-1-3/h7-8,13,17,19,23H,4-6,9-12,14H2,1-3H3;1H,(H,2,3)/t17-,19-,22+;/m1./s1. The van der Waals surface area contributed by atoms with Crippen LogP contribution in [-0.4, -0.2) is 36.9 Å². The van der Waals surface area contributed by atoms with Gasteiger partial charge < -0.3 is 19.9 Å². The molecule has 160 valence electrons. The summed E-state index contributed by atoms with van der Waals surface area (Å²) in [5.41, 5.74) is 2.79. The molecule has 1 saturated heterocycles. The lowest BCUT2D eigenvalue weighted by molar-refractivity contribution is -0.159. The predicted molar refractivity (Wildman–Crippen MR) is 110 cm³/mol. The van der Waals surface area contributed by atoms with Gasteiger partial charge in [-0.1, -0.05) is 18.9 Å². The quantitative estimate of drug-likeness (QED) is 0.455. The molecule has 2 bridgehead atoms. The molecule has 2 aliphatic carbocycles. The van der Waals surface area contributed by atoms with Crippen molar-refractivity contribution in [3.8, 4) is 5.75 Å². The van der Waals surface area contributed by atoms with Crippen LogP contribution in [0.25, 0.3) is 0 Å². The van der Waals surface area contributed by atoms with E-state index in [9.17, 15) is 4.79 Å². The molecule has 3 atom stereocenters. The molecule has 1 aliphatic heterocycles. The first-order valence-electron chi connectivity index (χ1n) is 10.6. The van der Waals surface area contributed by atoms with Crippen LogP contribution in [0.1, 0.15) is 64.0 Å². The maximum atomic E-state index is 11.9. The monoisotopic (exact) mass is 403 g/mol. The second-order valence-electron chi connectivity index (χ2n) is 9.39. The van der Waals surface area contributed by atoms with E-state index in [1.54, 1.807) is 0 Å². The van der Waals surface area contributed by atoms with Gasteiger partial charge in [-0.2, -0.15) is 0 Å². The maximum Gasteiger partial charge on any atom is 0.314 e. The molecule has 1 heterocycles. The summed E-state index contributed by atoms with van der Waals surface area (Å²) in [6.07, 6.45) is 7.68. The number of hydrogen-bond acceptors (Lipinski definition) is 5. The number of nitrogens with one attached hydrogen (secondary N) is 1. The minimum atomic E-state index is -0.502. The zero-order chi connectivity index (χ0) is 21.1. The Morgan fingerprint density at radius 2 is 2.07 bits per heavy atom. The van der Waals surface area contributed by atoms with Crippen molar-refractivity contribution >= 4 is 12.4 Å². The van der Waals surface area contributed by atoms with E-state index in [4.69, 9.17) is 19.4 Å². The number of hydrogen-bond donors (Lipinski definition) is 2. The van der Waals surface area contributed by atoms with Gasteiger partial charge >= 0.3 is 5.97 Å². The second-order valence-corrected chi connectivity index (χ2v) is 9.39. The normalized spacial score (nSPS) is 27.4. The maximum absolute atomic E-state index is 11.9. The van der Waals surface area contributed by atoms with Crippen LogP contribution in [0.2, 0.25) is 0 Å². The Morgan fingerprint density at radius 1 is 1.31 bits per heavy atom. The van der Waals surface area contributed by atoms with Gasteiger partial charge in [0, 0.05) is 11.5 Å². The number of piperidine rings is 1. The Hall–Kier alpha value is -2.08. The smallest absolute Gasteiger partial charge is 0.314 e. The third-order valence-electron chi connectivity index (χ3n) is 6.65. The van der Waals surface area contributed by atoms with Gasteiger partial charge in [-0.15, -0.1) is 0 Å². The summed E-state index contributed by atoms with van der Waals surface area (Å²) in [6.45, 7) is 6.41. The Bertz CT molecular complexity index is 737. The molecule has 4 rings (SSSR count). The number of carbonyl (C=O) groups is 2. The van der Waals surface area contributed by atoms with E-state index in [1.165, 1.54) is 43.2 Å². The molecule has 1 aromatic carbocycles. The van der Waals surface area contributed by atoms with Crippen LogP contribution in [0.3, 0.4) is 0 Å². The summed E-state index contributed by atoms with van der Waals surface area (Å²) >= 11 is 0. The van der Waals surface area contributed by atoms with Crippen molar-refractivity contribution in [3.05, 3.63) is 29.3 Å². The zero-order valence-electron chi connectivity index (χ0n) is 17.7. The van der Waals surface area contributed by atoms with Gasteiger partial charge in [0.05, 0.1) is 5.41 Å². The summed E-state index contributed by atoms with van der Waals surface area (Å²) in [6, 6.07) is 7.12. The van der Waals surface area contributed by atoms with Gasteiger partial charge in [0.25, 0.3) is 6.47 Å². The highest BCUT2D eigenvalue weighted by Gasteiger charge is 2.51. The molecule has 2 N–H and O–H groups in total.